The topological polar surface area (TPSA) is 53.0 Å². The quantitative estimate of drug-likeness (QED) is 0.529. The van der Waals surface area contributed by atoms with Gasteiger partial charge < -0.3 is 4.90 Å². The van der Waals surface area contributed by atoms with Crippen LogP contribution in [-0.4, -0.2) is 54.1 Å². The van der Waals surface area contributed by atoms with Crippen molar-refractivity contribution >= 4 is 17.6 Å². The fraction of sp³-hybridized carbons (Fsp3) is 0.727. The predicted octanol–water partition coefficient (Wildman–Crippen LogP) is -0.275. The minimum Gasteiger partial charge on any atom is -0.360 e. The van der Waals surface area contributed by atoms with Crippen molar-refractivity contribution in [1.82, 2.24) is 9.80 Å². The average Bonchev–Trinajstić information content (AvgIpc) is 2.96. The number of amides is 2. The molecule has 0 aliphatic carbocycles. The van der Waals surface area contributed by atoms with Gasteiger partial charge in [0.15, 0.2) is 0 Å². The molecule has 3 rings (SSSR count). The van der Waals surface area contributed by atoms with Crippen LogP contribution in [0.25, 0.3) is 0 Å². The van der Waals surface area contributed by atoms with E-state index in [0.29, 0.717) is 6.54 Å². The summed E-state index contributed by atoms with van der Waals surface area (Å²) in [6.07, 6.45) is 2.32. The number of aliphatic imine (C=N–C) groups is 1. The van der Waals surface area contributed by atoms with E-state index >= 15 is 0 Å². The molecule has 5 heteroatoms. The third-order valence-electron chi connectivity index (χ3n) is 3.80. The first-order valence-electron chi connectivity index (χ1n) is 5.81. The highest BCUT2D eigenvalue weighted by molar-refractivity contribution is 6.17. The van der Waals surface area contributed by atoms with Crippen molar-refractivity contribution in [2.45, 2.75) is 12.8 Å². The molecule has 16 heavy (non-hydrogen) atoms. The fourth-order valence-electron chi connectivity index (χ4n) is 2.89. The second kappa shape index (κ2) is 3.30. The Morgan fingerprint density at radius 3 is 2.56 bits per heavy atom. The van der Waals surface area contributed by atoms with Gasteiger partial charge in [-0.05, 0) is 12.8 Å². The van der Waals surface area contributed by atoms with Crippen LogP contribution in [0, 0.1) is 11.8 Å². The van der Waals surface area contributed by atoms with E-state index in [2.05, 4.69) is 9.89 Å². The van der Waals surface area contributed by atoms with Crippen LogP contribution in [0.1, 0.15) is 12.8 Å². The summed E-state index contributed by atoms with van der Waals surface area (Å²) in [5.41, 5.74) is 0. The lowest BCUT2D eigenvalue weighted by Gasteiger charge is -2.21. The molecule has 86 valence electrons. The summed E-state index contributed by atoms with van der Waals surface area (Å²) >= 11 is 0. The highest BCUT2D eigenvalue weighted by Gasteiger charge is 2.52. The summed E-state index contributed by atoms with van der Waals surface area (Å²) in [7, 11) is 1.57. The maximum atomic E-state index is 12.0. The molecule has 2 amide bonds. The van der Waals surface area contributed by atoms with Gasteiger partial charge in [-0.15, -0.1) is 0 Å². The largest absolute Gasteiger partial charge is 0.360 e. The van der Waals surface area contributed by atoms with Gasteiger partial charge in [-0.3, -0.25) is 19.5 Å². The van der Waals surface area contributed by atoms with Crippen LogP contribution in [-0.2, 0) is 9.59 Å². The number of rotatable bonds is 0. The van der Waals surface area contributed by atoms with Gasteiger partial charge in [-0.1, -0.05) is 0 Å². The van der Waals surface area contributed by atoms with Crippen molar-refractivity contribution in [3.63, 3.8) is 0 Å². The monoisotopic (exact) mass is 221 g/mol. The molecule has 0 spiro atoms. The molecule has 0 saturated carbocycles. The van der Waals surface area contributed by atoms with Gasteiger partial charge in [0.25, 0.3) is 0 Å². The number of hydrogen-bond donors (Lipinski definition) is 0. The summed E-state index contributed by atoms with van der Waals surface area (Å²) in [5.74, 6) is 0.236. The van der Waals surface area contributed by atoms with Crippen LogP contribution in [0.2, 0.25) is 0 Å². The molecule has 2 atom stereocenters. The third-order valence-corrected chi connectivity index (χ3v) is 3.80. The van der Waals surface area contributed by atoms with Gasteiger partial charge in [0, 0.05) is 20.1 Å². The number of nitrogens with zero attached hydrogens (tertiary/aromatic N) is 3. The molecule has 5 nitrogen and oxygen atoms in total. The minimum absolute atomic E-state index is 0.0621. The second-order valence-corrected chi connectivity index (χ2v) is 4.71. The first-order valence-corrected chi connectivity index (χ1v) is 5.81. The molecule has 0 aromatic heterocycles. The Hall–Kier alpha value is -1.39. The molecule has 2 fully saturated rings. The number of carbonyl (C=O) groups excluding carboxylic acids is 2. The molecular weight excluding hydrogens is 206 g/mol. The number of amidine groups is 1. The molecular formula is C11H15N3O2. The second-order valence-electron chi connectivity index (χ2n) is 4.71. The zero-order valence-electron chi connectivity index (χ0n) is 9.35. The minimum atomic E-state index is -0.282. The van der Waals surface area contributed by atoms with Crippen LogP contribution < -0.4 is 0 Å². The van der Waals surface area contributed by atoms with Crippen molar-refractivity contribution in [2.75, 3.05) is 26.7 Å². The Morgan fingerprint density at radius 1 is 1.19 bits per heavy atom. The lowest BCUT2D eigenvalue weighted by Crippen LogP contribution is -2.37. The lowest BCUT2D eigenvalue weighted by atomic mass is 9.96. The predicted molar refractivity (Wildman–Crippen MR) is 57.9 cm³/mol. The van der Waals surface area contributed by atoms with Crippen molar-refractivity contribution < 1.29 is 9.59 Å². The van der Waals surface area contributed by atoms with Gasteiger partial charge in [0.1, 0.15) is 11.8 Å². The molecule has 2 unspecified atom stereocenters. The number of likely N-dealkylation sites (tertiary alicyclic amines) is 2. The molecule has 0 N–H and O–H groups in total. The number of fused-ring (bicyclic) bond motifs is 1. The summed E-state index contributed by atoms with van der Waals surface area (Å²) < 4.78 is 0. The van der Waals surface area contributed by atoms with Crippen molar-refractivity contribution in [3.05, 3.63) is 0 Å². The van der Waals surface area contributed by atoms with E-state index in [0.717, 1.165) is 31.8 Å². The van der Waals surface area contributed by atoms with E-state index in [-0.39, 0.29) is 23.7 Å². The zero-order valence-corrected chi connectivity index (χ0v) is 9.35. The Balaban J connectivity index is 1.88. The van der Waals surface area contributed by atoms with Crippen LogP contribution in [0.4, 0.5) is 0 Å². The van der Waals surface area contributed by atoms with Gasteiger partial charge in [-0.25, -0.2) is 0 Å². The standard InChI is InChI=1S/C11H15N3O2/c1-13-10(15)7-6-12-9(8(7)11(13)16)14-4-2-3-5-14/h7-8H,2-6H2,1H3. The third kappa shape index (κ3) is 1.14. The Kier molecular flexibility index (Phi) is 2.02. The van der Waals surface area contributed by atoms with E-state index in [1.807, 2.05) is 0 Å². The molecule has 2 saturated heterocycles. The molecule has 0 aromatic rings. The molecule has 0 radical (unpaired) electrons. The highest BCUT2D eigenvalue weighted by Crippen LogP contribution is 2.33. The first kappa shape index (κ1) is 9.81. The van der Waals surface area contributed by atoms with Gasteiger partial charge >= 0.3 is 0 Å². The number of carbonyl (C=O) groups is 2. The number of hydrogen-bond acceptors (Lipinski definition) is 4. The van der Waals surface area contributed by atoms with Gasteiger partial charge in [-0.2, -0.15) is 0 Å². The summed E-state index contributed by atoms with van der Waals surface area (Å²) in [5, 5.41) is 0. The summed E-state index contributed by atoms with van der Waals surface area (Å²) in [6.45, 7) is 2.45. The summed E-state index contributed by atoms with van der Waals surface area (Å²) in [4.78, 5) is 31.6. The molecule has 3 aliphatic heterocycles. The molecule has 3 heterocycles. The highest BCUT2D eigenvalue weighted by atomic mass is 16.2. The van der Waals surface area contributed by atoms with E-state index < -0.39 is 0 Å². The smallest absolute Gasteiger partial charge is 0.240 e. The maximum absolute atomic E-state index is 12.0. The van der Waals surface area contributed by atoms with E-state index in [1.165, 1.54) is 4.90 Å². The van der Waals surface area contributed by atoms with Crippen LogP contribution >= 0.6 is 0 Å². The Labute approximate surface area is 94.1 Å². The summed E-state index contributed by atoms with van der Waals surface area (Å²) in [6, 6.07) is 0. The Morgan fingerprint density at radius 2 is 1.88 bits per heavy atom. The first-order chi connectivity index (χ1) is 7.70. The van der Waals surface area contributed by atoms with Crippen molar-refractivity contribution in [2.24, 2.45) is 16.8 Å². The van der Waals surface area contributed by atoms with Crippen molar-refractivity contribution in [1.29, 1.82) is 0 Å². The molecule has 0 bridgehead atoms. The number of imide groups is 1. The fourth-order valence-corrected chi connectivity index (χ4v) is 2.89. The van der Waals surface area contributed by atoms with E-state index in [4.69, 9.17) is 0 Å². The Bertz CT molecular complexity index is 385. The SMILES string of the molecule is CN1C(=O)C2CN=C(N3CCCC3)C2C1=O. The maximum Gasteiger partial charge on any atom is 0.240 e. The van der Waals surface area contributed by atoms with Crippen LogP contribution in [0.5, 0.6) is 0 Å². The van der Waals surface area contributed by atoms with E-state index in [1.54, 1.807) is 7.05 Å². The van der Waals surface area contributed by atoms with Crippen molar-refractivity contribution in [3.8, 4) is 0 Å². The lowest BCUT2D eigenvalue weighted by molar-refractivity contribution is -0.137. The van der Waals surface area contributed by atoms with Gasteiger partial charge in [0.05, 0.1) is 12.5 Å². The van der Waals surface area contributed by atoms with E-state index in [9.17, 15) is 9.59 Å². The van der Waals surface area contributed by atoms with Crippen LogP contribution in [0.3, 0.4) is 0 Å². The normalized spacial score (nSPS) is 33.7. The zero-order chi connectivity index (χ0) is 11.3. The molecule has 3 aliphatic rings. The molecule has 0 aromatic carbocycles. The van der Waals surface area contributed by atoms with Crippen LogP contribution in [0.15, 0.2) is 4.99 Å². The average molecular weight is 221 g/mol. The van der Waals surface area contributed by atoms with Gasteiger partial charge in [0.2, 0.25) is 11.8 Å².